The molecule has 1 aromatic rings. The molecule has 23 heavy (non-hydrogen) atoms. The first kappa shape index (κ1) is 18.0. The number of ether oxygens (including phenoxy) is 1. The maximum atomic E-state index is 13.2. The maximum absolute atomic E-state index is 13.2. The Kier molecular flexibility index (Phi) is 5.17. The van der Waals surface area contributed by atoms with Crippen molar-refractivity contribution in [3.63, 3.8) is 0 Å². The number of aliphatic carboxylic acids is 1. The van der Waals surface area contributed by atoms with Crippen LogP contribution in [-0.2, 0) is 16.1 Å². The van der Waals surface area contributed by atoms with Crippen molar-refractivity contribution in [2.45, 2.75) is 24.3 Å². The van der Waals surface area contributed by atoms with E-state index in [4.69, 9.17) is 26.2 Å². The average molecular weight is 356 g/mol. The number of carboxylic acids is 1. The van der Waals surface area contributed by atoms with Crippen LogP contribution in [0.5, 0.6) is 0 Å². The summed E-state index contributed by atoms with van der Waals surface area (Å²) in [6, 6.07) is 5.81. The fourth-order valence-corrected chi connectivity index (χ4v) is 2.97. The lowest BCUT2D eigenvalue weighted by Crippen LogP contribution is -2.45. The zero-order valence-corrected chi connectivity index (χ0v) is 12.5. The van der Waals surface area contributed by atoms with Gasteiger partial charge in [-0.05, 0) is 17.2 Å². The van der Waals surface area contributed by atoms with Crippen molar-refractivity contribution >= 4 is 17.6 Å². The molecule has 2 atom stereocenters. The molecule has 0 saturated carbocycles. The van der Waals surface area contributed by atoms with Crippen LogP contribution in [0.25, 0.3) is 0 Å². The van der Waals surface area contributed by atoms with Crippen LogP contribution in [0.15, 0.2) is 18.2 Å². The van der Waals surface area contributed by atoms with Gasteiger partial charge in [0.05, 0.1) is 6.61 Å². The van der Waals surface area contributed by atoms with Gasteiger partial charge in [0.1, 0.15) is 12.3 Å². The first-order valence-electron chi connectivity index (χ1n) is 6.69. The summed E-state index contributed by atoms with van der Waals surface area (Å²) in [5.41, 5.74) is 1.49. The number of carbonyl (C=O) groups is 1. The molecule has 0 aromatic heterocycles. The van der Waals surface area contributed by atoms with Gasteiger partial charge < -0.3 is 15.2 Å². The van der Waals surface area contributed by atoms with Crippen LogP contribution < -0.4 is 5.32 Å². The zero-order valence-electron chi connectivity index (χ0n) is 11.8. The van der Waals surface area contributed by atoms with Gasteiger partial charge >= 0.3 is 12.1 Å². The second kappa shape index (κ2) is 6.62. The van der Waals surface area contributed by atoms with Crippen LogP contribution in [0.3, 0.4) is 0 Å². The molecule has 2 N–H and O–H groups in total. The highest BCUT2D eigenvalue weighted by molar-refractivity contribution is 6.31. The van der Waals surface area contributed by atoms with E-state index in [-0.39, 0.29) is 5.92 Å². The molecule has 0 radical (unpaired) electrons. The molecule has 2 aliphatic rings. The van der Waals surface area contributed by atoms with Crippen LogP contribution in [0.4, 0.5) is 17.6 Å². The fourth-order valence-electron chi connectivity index (χ4n) is 2.73. The highest BCUT2D eigenvalue weighted by atomic mass is 35.5. The molecule has 2 aliphatic heterocycles. The molecule has 1 aromatic carbocycles. The summed E-state index contributed by atoms with van der Waals surface area (Å²) < 4.78 is 50.7. The molecule has 9 heteroatoms. The summed E-state index contributed by atoms with van der Waals surface area (Å²) in [5, 5.41) is 11.1. The minimum absolute atomic E-state index is 0.0833. The molecular weight excluding hydrogens is 342 g/mol. The van der Waals surface area contributed by atoms with Crippen molar-refractivity contribution in [3.8, 4) is 0 Å². The number of hydrogen-bond acceptors (Lipinski definition) is 3. The number of carboxylic acid groups (broad SMARTS) is 1. The average Bonchev–Trinajstić information content (AvgIpc) is 2.92. The van der Waals surface area contributed by atoms with Gasteiger partial charge in [0.15, 0.2) is 0 Å². The SMILES string of the molecule is FCC12CNCC1c1cccc(Cl)c1CO2.O=C(O)C(F)(F)F. The largest absolute Gasteiger partial charge is 0.490 e. The Morgan fingerprint density at radius 3 is 2.70 bits per heavy atom. The van der Waals surface area contributed by atoms with Crippen LogP contribution in [-0.4, -0.2) is 42.6 Å². The molecular formula is C14H14ClF4NO3. The van der Waals surface area contributed by atoms with Crippen molar-refractivity contribution in [3.05, 3.63) is 34.3 Å². The lowest BCUT2D eigenvalue weighted by atomic mass is 9.81. The Morgan fingerprint density at radius 2 is 2.13 bits per heavy atom. The molecule has 2 unspecified atom stereocenters. The van der Waals surface area contributed by atoms with Gasteiger partial charge in [-0.1, -0.05) is 23.7 Å². The van der Waals surface area contributed by atoms with E-state index < -0.39 is 24.4 Å². The summed E-state index contributed by atoms with van der Waals surface area (Å²) in [6.07, 6.45) is -5.08. The number of halogens is 5. The fraction of sp³-hybridized carbons (Fsp3) is 0.500. The lowest BCUT2D eigenvalue weighted by Gasteiger charge is -2.38. The van der Waals surface area contributed by atoms with Gasteiger partial charge in [0.25, 0.3) is 0 Å². The Labute approximate surface area is 134 Å². The van der Waals surface area contributed by atoms with E-state index >= 15 is 0 Å². The first-order chi connectivity index (χ1) is 10.7. The Balaban J connectivity index is 0.000000236. The minimum Gasteiger partial charge on any atom is -0.475 e. The van der Waals surface area contributed by atoms with Gasteiger partial charge in [0, 0.05) is 24.0 Å². The van der Waals surface area contributed by atoms with Gasteiger partial charge in [0.2, 0.25) is 0 Å². The number of alkyl halides is 4. The Morgan fingerprint density at radius 1 is 1.48 bits per heavy atom. The number of hydrogen-bond donors (Lipinski definition) is 2. The quantitative estimate of drug-likeness (QED) is 0.761. The van der Waals surface area contributed by atoms with E-state index in [9.17, 15) is 17.6 Å². The lowest BCUT2D eigenvalue weighted by molar-refractivity contribution is -0.192. The molecule has 1 fully saturated rings. The van der Waals surface area contributed by atoms with Crippen molar-refractivity contribution in [2.24, 2.45) is 0 Å². The molecule has 1 saturated heterocycles. The van der Waals surface area contributed by atoms with E-state index in [1.165, 1.54) is 0 Å². The normalized spacial score (nSPS) is 25.9. The third-order valence-electron chi connectivity index (χ3n) is 3.91. The Bertz CT molecular complexity index is 596. The number of nitrogens with one attached hydrogen (secondary N) is 1. The number of rotatable bonds is 1. The molecule has 0 amide bonds. The van der Waals surface area contributed by atoms with Crippen molar-refractivity contribution in [2.75, 3.05) is 19.8 Å². The van der Waals surface area contributed by atoms with Crippen LogP contribution >= 0.6 is 11.6 Å². The minimum atomic E-state index is -5.08. The van der Waals surface area contributed by atoms with Gasteiger partial charge in [-0.2, -0.15) is 13.2 Å². The topological polar surface area (TPSA) is 58.6 Å². The van der Waals surface area contributed by atoms with E-state index in [2.05, 4.69) is 5.32 Å². The second-order valence-corrected chi connectivity index (χ2v) is 5.69. The van der Waals surface area contributed by atoms with Crippen LogP contribution in [0.2, 0.25) is 5.02 Å². The predicted molar refractivity (Wildman–Crippen MR) is 74.2 cm³/mol. The standard InChI is InChI=1S/C12H13ClFNO.C2HF3O2/c13-11-3-1-2-8-9(11)5-16-12(6-14)7-15-4-10(8)12;3-2(4,5)1(6)7/h1-3,10,15H,4-7H2;(H,6,7). The van der Waals surface area contributed by atoms with E-state index in [0.29, 0.717) is 13.2 Å². The summed E-state index contributed by atoms with van der Waals surface area (Å²) in [6.45, 7) is 1.31. The Hall–Kier alpha value is -1.38. The van der Waals surface area contributed by atoms with Gasteiger partial charge in [-0.15, -0.1) is 0 Å². The third kappa shape index (κ3) is 3.59. The van der Waals surface area contributed by atoms with Gasteiger partial charge in [-0.25, -0.2) is 9.18 Å². The van der Waals surface area contributed by atoms with Gasteiger partial charge in [-0.3, -0.25) is 0 Å². The van der Waals surface area contributed by atoms with Crippen LogP contribution in [0.1, 0.15) is 17.0 Å². The smallest absolute Gasteiger partial charge is 0.475 e. The molecule has 128 valence electrons. The summed E-state index contributed by atoms with van der Waals surface area (Å²) >= 11 is 6.13. The molecule has 4 nitrogen and oxygen atoms in total. The van der Waals surface area contributed by atoms with E-state index in [1.54, 1.807) is 0 Å². The first-order valence-corrected chi connectivity index (χ1v) is 7.07. The number of fused-ring (bicyclic) bond motifs is 3. The molecule has 0 spiro atoms. The molecule has 0 bridgehead atoms. The maximum Gasteiger partial charge on any atom is 0.490 e. The van der Waals surface area contributed by atoms with E-state index in [1.807, 2.05) is 18.2 Å². The summed E-state index contributed by atoms with van der Waals surface area (Å²) in [7, 11) is 0. The zero-order chi connectivity index (χ0) is 17.3. The predicted octanol–water partition coefficient (Wildman–Crippen LogP) is 2.90. The van der Waals surface area contributed by atoms with Crippen molar-refractivity contribution < 1.29 is 32.2 Å². The monoisotopic (exact) mass is 355 g/mol. The molecule has 3 rings (SSSR count). The highest BCUT2D eigenvalue weighted by Crippen LogP contribution is 2.43. The molecule has 2 heterocycles. The van der Waals surface area contributed by atoms with E-state index in [0.717, 1.165) is 22.7 Å². The van der Waals surface area contributed by atoms with Crippen molar-refractivity contribution in [1.82, 2.24) is 5.32 Å². The van der Waals surface area contributed by atoms with Crippen LogP contribution in [0, 0.1) is 0 Å². The van der Waals surface area contributed by atoms with Crippen molar-refractivity contribution in [1.29, 1.82) is 0 Å². The molecule has 0 aliphatic carbocycles. The summed E-state index contributed by atoms with van der Waals surface area (Å²) in [5.74, 6) is -2.67. The second-order valence-electron chi connectivity index (χ2n) is 5.28. The number of benzene rings is 1. The highest BCUT2D eigenvalue weighted by Gasteiger charge is 2.48. The summed E-state index contributed by atoms with van der Waals surface area (Å²) in [4.78, 5) is 8.90. The third-order valence-corrected chi connectivity index (χ3v) is 4.27.